The van der Waals surface area contributed by atoms with Gasteiger partial charge in [-0.25, -0.2) is 4.79 Å². The number of aliphatic carboxylic acids is 1. The summed E-state index contributed by atoms with van der Waals surface area (Å²) in [6.07, 6.45) is 0.595. The molecule has 32 heavy (non-hydrogen) atoms. The lowest BCUT2D eigenvalue weighted by Gasteiger charge is -2.15. The van der Waals surface area contributed by atoms with Crippen LogP contribution in [0.15, 0.2) is 48.5 Å². The van der Waals surface area contributed by atoms with Crippen LogP contribution < -0.4 is 10.6 Å². The molecule has 0 aliphatic heterocycles. The molecule has 4 rings (SSSR count). The fourth-order valence-electron chi connectivity index (χ4n) is 4.35. The summed E-state index contributed by atoms with van der Waals surface area (Å²) in [5.41, 5.74) is 4.68. The van der Waals surface area contributed by atoms with Crippen molar-refractivity contribution in [2.24, 2.45) is 17.8 Å². The number of carboxylic acid groups (broad SMARTS) is 1. The molecule has 3 N–H and O–H groups in total. The number of carbonyl (C=O) groups excluding carboxylic acids is 2. The first-order valence-electron chi connectivity index (χ1n) is 11.0. The maximum Gasteiger partial charge on any atom is 0.407 e. The third kappa shape index (κ3) is 4.77. The number of benzene rings is 2. The van der Waals surface area contributed by atoms with Gasteiger partial charge in [-0.05, 0) is 41.0 Å². The van der Waals surface area contributed by atoms with Gasteiger partial charge in [-0.1, -0.05) is 55.5 Å². The zero-order valence-corrected chi connectivity index (χ0v) is 18.0. The molecular formula is C25H28N2O5. The minimum atomic E-state index is -0.801. The van der Waals surface area contributed by atoms with Crippen LogP contribution in [0.2, 0.25) is 0 Å². The van der Waals surface area contributed by atoms with E-state index in [1.165, 1.54) is 11.1 Å². The second-order valence-electron chi connectivity index (χ2n) is 8.63. The van der Waals surface area contributed by atoms with Gasteiger partial charge in [-0.2, -0.15) is 0 Å². The van der Waals surface area contributed by atoms with Crippen molar-refractivity contribution in [3.05, 3.63) is 59.7 Å². The van der Waals surface area contributed by atoms with Crippen LogP contribution in [0.4, 0.5) is 4.79 Å². The molecule has 7 nitrogen and oxygen atoms in total. The molecule has 1 saturated carbocycles. The third-order valence-electron chi connectivity index (χ3n) is 6.42. The van der Waals surface area contributed by atoms with Gasteiger partial charge in [-0.15, -0.1) is 0 Å². The molecule has 0 aromatic heterocycles. The maximum atomic E-state index is 12.2. The highest BCUT2D eigenvalue weighted by Crippen LogP contribution is 2.44. The molecule has 7 heteroatoms. The van der Waals surface area contributed by atoms with Gasteiger partial charge in [0.25, 0.3) is 0 Å². The summed E-state index contributed by atoms with van der Waals surface area (Å²) in [7, 11) is 0. The smallest absolute Gasteiger partial charge is 0.407 e. The Bertz CT molecular complexity index is 975. The Balaban J connectivity index is 1.19. The molecule has 0 radical (unpaired) electrons. The number of rotatable bonds is 9. The van der Waals surface area contributed by atoms with E-state index < -0.39 is 12.1 Å². The molecule has 0 bridgehead atoms. The predicted molar refractivity (Wildman–Crippen MR) is 119 cm³/mol. The van der Waals surface area contributed by atoms with Crippen LogP contribution in [-0.2, 0) is 14.3 Å². The minimum Gasteiger partial charge on any atom is -0.481 e. The lowest BCUT2D eigenvalue weighted by molar-refractivity contribution is -0.139. The predicted octanol–water partition coefficient (Wildman–Crippen LogP) is 3.39. The van der Waals surface area contributed by atoms with E-state index >= 15 is 0 Å². The summed E-state index contributed by atoms with van der Waals surface area (Å²) in [5.74, 6) is -1.51. The molecule has 0 heterocycles. The number of amides is 2. The number of ether oxygens (including phenoxy) is 1. The van der Waals surface area contributed by atoms with Gasteiger partial charge in [0, 0.05) is 24.9 Å². The highest BCUT2D eigenvalue weighted by atomic mass is 16.5. The lowest BCUT2D eigenvalue weighted by atomic mass is 9.98. The summed E-state index contributed by atoms with van der Waals surface area (Å²) < 4.78 is 5.50. The average Bonchev–Trinajstić information content (AvgIpc) is 3.51. The van der Waals surface area contributed by atoms with Crippen LogP contribution in [-0.4, -0.2) is 42.8 Å². The molecule has 1 fully saturated rings. The van der Waals surface area contributed by atoms with Gasteiger partial charge in [0.1, 0.15) is 6.61 Å². The van der Waals surface area contributed by atoms with Gasteiger partial charge in [0.05, 0.1) is 5.92 Å². The monoisotopic (exact) mass is 436 g/mol. The van der Waals surface area contributed by atoms with Gasteiger partial charge >= 0.3 is 12.1 Å². The van der Waals surface area contributed by atoms with Gasteiger partial charge in [-0.3, -0.25) is 9.59 Å². The molecule has 0 saturated heterocycles. The van der Waals surface area contributed by atoms with E-state index in [0.29, 0.717) is 25.9 Å². The Hall–Kier alpha value is -3.35. The number of hydrogen-bond donors (Lipinski definition) is 3. The number of fused-ring (bicyclic) bond motifs is 3. The van der Waals surface area contributed by atoms with Crippen molar-refractivity contribution in [1.29, 1.82) is 0 Å². The summed E-state index contributed by atoms with van der Waals surface area (Å²) in [4.78, 5) is 35.2. The van der Waals surface area contributed by atoms with Crippen LogP contribution in [0.3, 0.4) is 0 Å². The second kappa shape index (κ2) is 9.42. The fourth-order valence-corrected chi connectivity index (χ4v) is 4.35. The quantitative estimate of drug-likeness (QED) is 0.559. The summed E-state index contributed by atoms with van der Waals surface area (Å²) in [5, 5.41) is 14.4. The van der Waals surface area contributed by atoms with Crippen LogP contribution in [0.1, 0.15) is 36.8 Å². The van der Waals surface area contributed by atoms with E-state index in [1.807, 2.05) is 24.3 Å². The molecule has 2 aliphatic carbocycles. The van der Waals surface area contributed by atoms with Gasteiger partial charge in [0.2, 0.25) is 5.91 Å². The largest absolute Gasteiger partial charge is 0.481 e. The first kappa shape index (κ1) is 21.9. The molecular weight excluding hydrogens is 408 g/mol. The molecule has 2 aromatic rings. The van der Waals surface area contributed by atoms with E-state index in [0.717, 1.165) is 11.1 Å². The van der Waals surface area contributed by atoms with E-state index in [-0.39, 0.29) is 36.2 Å². The standard InChI is InChI=1S/C25H28N2O5/c1-15(23(28)27-13-16-12-21(16)24(29)30)10-11-26-25(31)32-14-22-19-8-4-2-6-17(19)18-7-3-5-9-20(18)22/h2-9,15-16,21-22H,10-14H2,1H3,(H,26,31)(H,27,28)(H,29,30)/t15?,16-,21-/m1/s1. The zero-order chi connectivity index (χ0) is 22.7. The van der Waals surface area contributed by atoms with Crippen LogP contribution in [0.25, 0.3) is 11.1 Å². The van der Waals surface area contributed by atoms with E-state index in [4.69, 9.17) is 9.84 Å². The number of hydrogen-bond acceptors (Lipinski definition) is 4. The maximum absolute atomic E-state index is 12.2. The number of carbonyl (C=O) groups is 3. The first-order valence-corrected chi connectivity index (χ1v) is 11.0. The van der Waals surface area contributed by atoms with Crippen molar-refractivity contribution < 1.29 is 24.2 Å². The van der Waals surface area contributed by atoms with Crippen LogP contribution in [0, 0.1) is 17.8 Å². The van der Waals surface area contributed by atoms with Crippen molar-refractivity contribution in [1.82, 2.24) is 10.6 Å². The summed E-state index contributed by atoms with van der Waals surface area (Å²) in [6.45, 7) is 2.75. The van der Waals surface area contributed by atoms with Crippen molar-refractivity contribution in [2.75, 3.05) is 19.7 Å². The van der Waals surface area contributed by atoms with E-state index in [9.17, 15) is 14.4 Å². The summed E-state index contributed by atoms with van der Waals surface area (Å²) >= 11 is 0. The molecule has 168 valence electrons. The van der Waals surface area contributed by atoms with Gasteiger partial charge < -0.3 is 20.5 Å². The molecule has 0 spiro atoms. The summed E-state index contributed by atoms with van der Waals surface area (Å²) in [6, 6.07) is 16.3. The fraction of sp³-hybridized carbons (Fsp3) is 0.400. The minimum absolute atomic E-state index is 0.00917. The van der Waals surface area contributed by atoms with E-state index in [1.54, 1.807) is 6.92 Å². The Morgan fingerprint density at radius 2 is 1.66 bits per heavy atom. The number of alkyl carbamates (subject to hydrolysis) is 1. The van der Waals surface area contributed by atoms with Gasteiger partial charge in [0.15, 0.2) is 0 Å². The Morgan fingerprint density at radius 3 is 2.25 bits per heavy atom. The average molecular weight is 437 g/mol. The highest BCUT2D eigenvalue weighted by molar-refractivity contribution is 5.80. The molecule has 2 aliphatic rings. The highest BCUT2D eigenvalue weighted by Gasteiger charge is 2.43. The number of nitrogens with one attached hydrogen (secondary N) is 2. The normalized spacial score (nSPS) is 19.4. The number of carboxylic acids is 1. The zero-order valence-electron chi connectivity index (χ0n) is 18.0. The second-order valence-corrected chi connectivity index (χ2v) is 8.63. The Kier molecular flexibility index (Phi) is 6.44. The first-order chi connectivity index (χ1) is 15.5. The topological polar surface area (TPSA) is 105 Å². The Labute approximate surface area is 187 Å². The van der Waals surface area contributed by atoms with Crippen molar-refractivity contribution >= 4 is 18.0 Å². The molecule has 1 unspecified atom stereocenters. The third-order valence-corrected chi connectivity index (χ3v) is 6.42. The lowest BCUT2D eigenvalue weighted by Crippen LogP contribution is -2.34. The van der Waals surface area contributed by atoms with Crippen LogP contribution in [0.5, 0.6) is 0 Å². The van der Waals surface area contributed by atoms with E-state index in [2.05, 4.69) is 34.9 Å². The van der Waals surface area contributed by atoms with Crippen molar-refractivity contribution in [2.45, 2.75) is 25.7 Å². The molecule has 2 amide bonds. The Morgan fingerprint density at radius 1 is 1.03 bits per heavy atom. The van der Waals surface area contributed by atoms with Crippen molar-refractivity contribution in [3.8, 4) is 11.1 Å². The van der Waals surface area contributed by atoms with Crippen molar-refractivity contribution in [3.63, 3.8) is 0 Å². The molecule has 2 aromatic carbocycles. The molecule has 3 atom stereocenters. The van der Waals surface area contributed by atoms with Crippen LogP contribution >= 0.6 is 0 Å². The SMILES string of the molecule is CC(CCNC(=O)OCC1c2ccccc2-c2ccccc21)C(=O)NC[C@H]1C[C@H]1C(=O)O.